The van der Waals surface area contributed by atoms with Gasteiger partial charge in [-0.15, -0.1) is 12.4 Å². The Balaban J connectivity index is 0.00000208. The van der Waals surface area contributed by atoms with E-state index >= 15 is 0 Å². The zero-order valence-corrected chi connectivity index (χ0v) is 15.2. The predicted octanol–water partition coefficient (Wildman–Crippen LogP) is 0.941. The molecule has 24 heavy (non-hydrogen) atoms. The van der Waals surface area contributed by atoms with Gasteiger partial charge in [0.1, 0.15) is 0 Å². The van der Waals surface area contributed by atoms with Crippen LogP contribution >= 0.6 is 12.4 Å². The fourth-order valence-electron chi connectivity index (χ4n) is 3.21. The van der Waals surface area contributed by atoms with E-state index in [1.807, 2.05) is 4.90 Å². The van der Waals surface area contributed by atoms with Crippen LogP contribution in [0.15, 0.2) is 35.2 Å². The topological polar surface area (TPSA) is 69.7 Å². The summed E-state index contributed by atoms with van der Waals surface area (Å²) in [5.41, 5.74) is 0. The zero-order valence-electron chi connectivity index (χ0n) is 13.6. The van der Waals surface area contributed by atoms with Crippen molar-refractivity contribution in [3.63, 3.8) is 0 Å². The van der Waals surface area contributed by atoms with E-state index < -0.39 is 10.0 Å². The lowest BCUT2D eigenvalue weighted by atomic mass is 9.98. The van der Waals surface area contributed by atoms with Crippen molar-refractivity contribution < 1.29 is 13.2 Å². The Kier molecular flexibility index (Phi) is 6.62. The van der Waals surface area contributed by atoms with Crippen molar-refractivity contribution in [1.82, 2.24) is 14.5 Å². The summed E-state index contributed by atoms with van der Waals surface area (Å²) < 4.78 is 26.6. The van der Waals surface area contributed by atoms with E-state index in [-0.39, 0.29) is 24.2 Å². The lowest BCUT2D eigenvalue weighted by Crippen LogP contribution is -2.53. The number of hydrogen-bond acceptors (Lipinski definition) is 4. The Morgan fingerprint density at radius 3 is 2.33 bits per heavy atom. The summed E-state index contributed by atoms with van der Waals surface area (Å²) >= 11 is 0. The summed E-state index contributed by atoms with van der Waals surface area (Å²) in [6, 6.07) is 8.47. The van der Waals surface area contributed by atoms with Crippen LogP contribution in [0.2, 0.25) is 0 Å². The number of hydrogen-bond donors (Lipinski definition) is 1. The molecule has 0 bridgehead atoms. The fourth-order valence-corrected chi connectivity index (χ4v) is 4.65. The highest BCUT2D eigenvalue weighted by Crippen LogP contribution is 2.19. The summed E-state index contributed by atoms with van der Waals surface area (Å²) in [5, 5.41) is 3.26. The van der Waals surface area contributed by atoms with Crippen molar-refractivity contribution >= 4 is 28.3 Å². The molecule has 0 radical (unpaired) electrons. The van der Waals surface area contributed by atoms with Gasteiger partial charge in [-0.1, -0.05) is 18.2 Å². The second-order valence-electron chi connectivity index (χ2n) is 6.09. The standard InChI is InChI=1S/C16H23N3O3S.ClH/c20-16(14-5-4-8-17-13-14)18-9-11-19(12-10-18)23(21,22)15-6-2-1-3-7-15;/h1-3,6-7,14,17H,4-5,8-13H2;1H/t14-;/m1./s1. The third-order valence-corrected chi connectivity index (χ3v) is 6.49. The summed E-state index contributed by atoms with van der Waals surface area (Å²) in [7, 11) is -3.45. The second-order valence-corrected chi connectivity index (χ2v) is 8.02. The average Bonchev–Trinajstić information content (AvgIpc) is 2.63. The SMILES string of the molecule is Cl.O=C([C@@H]1CCCNC1)N1CCN(S(=O)(=O)c2ccccc2)CC1. The third-order valence-electron chi connectivity index (χ3n) is 4.58. The van der Waals surface area contributed by atoms with Crippen LogP contribution < -0.4 is 5.32 Å². The summed E-state index contributed by atoms with van der Waals surface area (Å²) in [6.07, 6.45) is 1.95. The number of piperidine rings is 1. The van der Waals surface area contributed by atoms with E-state index in [0.29, 0.717) is 31.1 Å². The van der Waals surface area contributed by atoms with Crippen LogP contribution in [0.3, 0.4) is 0 Å². The van der Waals surface area contributed by atoms with E-state index in [1.54, 1.807) is 30.3 Å². The molecule has 1 N–H and O–H groups in total. The molecule has 2 saturated heterocycles. The number of nitrogens with zero attached hydrogens (tertiary/aromatic N) is 2. The van der Waals surface area contributed by atoms with Crippen molar-refractivity contribution in [2.24, 2.45) is 5.92 Å². The molecule has 0 saturated carbocycles. The molecule has 1 amide bonds. The number of sulfonamides is 1. The van der Waals surface area contributed by atoms with Gasteiger partial charge in [0.15, 0.2) is 0 Å². The van der Waals surface area contributed by atoms with Crippen molar-refractivity contribution in [1.29, 1.82) is 0 Å². The Hall–Kier alpha value is -1.15. The predicted molar refractivity (Wildman–Crippen MR) is 94.6 cm³/mol. The quantitative estimate of drug-likeness (QED) is 0.856. The van der Waals surface area contributed by atoms with Gasteiger partial charge in [-0.3, -0.25) is 4.79 Å². The first kappa shape index (κ1) is 19.2. The number of benzene rings is 1. The van der Waals surface area contributed by atoms with Crippen LogP contribution in [-0.4, -0.2) is 62.8 Å². The van der Waals surface area contributed by atoms with E-state index in [4.69, 9.17) is 0 Å². The molecule has 3 rings (SSSR count). The molecule has 0 aromatic heterocycles. The van der Waals surface area contributed by atoms with Crippen LogP contribution in [0.4, 0.5) is 0 Å². The molecular formula is C16H24ClN3O3S. The van der Waals surface area contributed by atoms with Crippen LogP contribution in [0.5, 0.6) is 0 Å². The van der Waals surface area contributed by atoms with Gasteiger partial charge in [0.05, 0.1) is 10.8 Å². The van der Waals surface area contributed by atoms with Gasteiger partial charge in [-0.05, 0) is 31.5 Å². The molecule has 134 valence electrons. The molecule has 6 nitrogen and oxygen atoms in total. The van der Waals surface area contributed by atoms with Crippen molar-refractivity contribution in [2.45, 2.75) is 17.7 Å². The smallest absolute Gasteiger partial charge is 0.243 e. The highest BCUT2D eigenvalue weighted by Gasteiger charge is 2.32. The van der Waals surface area contributed by atoms with Crippen molar-refractivity contribution in [2.75, 3.05) is 39.3 Å². The Morgan fingerprint density at radius 1 is 1.08 bits per heavy atom. The lowest BCUT2D eigenvalue weighted by Gasteiger charge is -2.36. The van der Waals surface area contributed by atoms with Crippen LogP contribution in [0.1, 0.15) is 12.8 Å². The van der Waals surface area contributed by atoms with Crippen LogP contribution in [0.25, 0.3) is 0 Å². The molecular weight excluding hydrogens is 350 g/mol. The largest absolute Gasteiger partial charge is 0.340 e. The second kappa shape index (κ2) is 8.29. The minimum atomic E-state index is -3.45. The number of amides is 1. The zero-order chi connectivity index (χ0) is 16.3. The molecule has 2 aliphatic rings. The normalized spacial score (nSPS) is 22.7. The minimum absolute atomic E-state index is 0. The molecule has 2 fully saturated rings. The van der Waals surface area contributed by atoms with Gasteiger partial charge >= 0.3 is 0 Å². The molecule has 0 unspecified atom stereocenters. The number of rotatable bonds is 3. The lowest BCUT2D eigenvalue weighted by molar-refractivity contribution is -0.137. The number of nitrogens with one attached hydrogen (secondary N) is 1. The minimum Gasteiger partial charge on any atom is -0.340 e. The number of carbonyl (C=O) groups is 1. The monoisotopic (exact) mass is 373 g/mol. The van der Waals surface area contributed by atoms with Crippen LogP contribution in [-0.2, 0) is 14.8 Å². The molecule has 8 heteroatoms. The average molecular weight is 374 g/mol. The van der Waals surface area contributed by atoms with Crippen molar-refractivity contribution in [3.8, 4) is 0 Å². The molecule has 1 aromatic rings. The first-order valence-corrected chi connectivity index (χ1v) is 9.58. The Morgan fingerprint density at radius 2 is 1.75 bits per heavy atom. The number of piperazine rings is 1. The van der Waals surface area contributed by atoms with Gasteiger partial charge in [-0.2, -0.15) is 4.31 Å². The summed E-state index contributed by atoms with van der Waals surface area (Å²) in [6.45, 7) is 3.39. The maximum atomic E-state index is 12.6. The Bertz CT molecular complexity index is 640. The molecule has 0 spiro atoms. The van der Waals surface area contributed by atoms with Gasteiger partial charge in [0, 0.05) is 32.7 Å². The van der Waals surface area contributed by atoms with Gasteiger partial charge in [0.25, 0.3) is 0 Å². The van der Waals surface area contributed by atoms with E-state index in [1.165, 1.54) is 4.31 Å². The van der Waals surface area contributed by atoms with Gasteiger partial charge in [0.2, 0.25) is 15.9 Å². The number of halogens is 1. The highest BCUT2D eigenvalue weighted by atomic mass is 35.5. The maximum Gasteiger partial charge on any atom is 0.243 e. The van der Waals surface area contributed by atoms with Gasteiger partial charge < -0.3 is 10.2 Å². The van der Waals surface area contributed by atoms with E-state index in [0.717, 1.165) is 25.9 Å². The first-order chi connectivity index (χ1) is 11.1. The maximum absolute atomic E-state index is 12.6. The number of carbonyl (C=O) groups excluding carboxylic acids is 1. The van der Waals surface area contributed by atoms with E-state index in [2.05, 4.69) is 5.32 Å². The third kappa shape index (κ3) is 4.08. The summed E-state index contributed by atoms with van der Waals surface area (Å²) in [5.74, 6) is 0.204. The van der Waals surface area contributed by atoms with Crippen molar-refractivity contribution in [3.05, 3.63) is 30.3 Å². The molecule has 1 aromatic carbocycles. The fraction of sp³-hybridized carbons (Fsp3) is 0.562. The Labute approximate surface area is 149 Å². The molecule has 0 aliphatic carbocycles. The molecule has 2 heterocycles. The molecule has 2 aliphatic heterocycles. The van der Waals surface area contributed by atoms with Gasteiger partial charge in [-0.25, -0.2) is 8.42 Å². The highest BCUT2D eigenvalue weighted by molar-refractivity contribution is 7.89. The van der Waals surface area contributed by atoms with Crippen LogP contribution in [0, 0.1) is 5.92 Å². The molecule has 1 atom stereocenters. The van der Waals surface area contributed by atoms with E-state index in [9.17, 15) is 13.2 Å². The summed E-state index contributed by atoms with van der Waals surface area (Å²) in [4.78, 5) is 14.6. The first-order valence-electron chi connectivity index (χ1n) is 8.14.